The van der Waals surface area contributed by atoms with Gasteiger partial charge in [-0.2, -0.15) is 0 Å². The van der Waals surface area contributed by atoms with Crippen molar-refractivity contribution < 1.29 is 28.9 Å². The van der Waals surface area contributed by atoms with E-state index in [9.17, 15) is 14.7 Å². The van der Waals surface area contributed by atoms with E-state index in [1.54, 1.807) is 7.11 Å². The molecule has 3 aliphatic carbocycles. The van der Waals surface area contributed by atoms with Gasteiger partial charge in [0.25, 0.3) is 5.91 Å². The first-order valence-electron chi connectivity index (χ1n) is 14.0. The molecule has 0 saturated heterocycles. The summed E-state index contributed by atoms with van der Waals surface area (Å²) in [5, 5.41) is 13.0. The quantitative estimate of drug-likeness (QED) is 0.306. The maximum absolute atomic E-state index is 12.5. The van der Waals surface area contributed by atoms with Crippen molar-refractivity contribution in [3.63, 3.8) is 0 Å². The number of carbonyl (C=O) groups excluding carboxylic acids is 2. The minimum Gasteiger partial charge on any atom is -0.505 e. The molecule has 2 aromatic rings. The molecule has 39 heavy (non-hydrogen) atoms. The SMILES string of the molecule is COc1ccc2c(c1)CCC1C2CCC2(C)C(COCCC(=O)Nc3ccc(OC)c(C(N)=O)c3O)CCC12. The van der Waals surface area contributed by atoms with Gasteiger partial charge in [0.2, 0.25) is 5.91 Å². The Morgan fingerprint density at radius 3 is 2.67 bits per heavy atom. The molecule has 0 bridgehead atoms. The van der Waals surface area contributed by atoms with E-state index in [-0.39, 0.29) is 34.7 Å². The minimum atomic E-state index is -0.834. The van der Waals surface area contributed by atoms with E-state index in [2.05, 4.69) is 30.4 Å². The predicted octanol–water partition coefficient (Wildman–Crippen LogP) is 5.03. The van der Waals surface area contributed by atoms with Crippen molar-refractivity contribution in [3.05, 3.63) is 47.0 Å². The standard InChI is InChI=1S/C31H40N2O6/c1-31-14-12-22-21-8-6-20(37-2)16-18(21)4-7-23(22)24(31)9-5-19(31)17-39-15-13-27(34)33-25-10-11-26(38-3)28(29(25)35)30(32)36/h6,8,10-11,16,19,22-24,35H,4-5,7,9,12-15,17H2,1-3H3,(H2,32,36)(H,33,34). The number of carbonyl (C=O) groups is 2. The smallest absolute Gasteiger partial charge is 0.256 e. The lowest BCUT2D eigenvalue weighted by Crippen LogP contribution is -2.43. The average Bonchev–Trinajstić information content (AvgIpc) is 3.27. The van der Waals surface area contributed by atoms with E-state index in [0.717, 1.165) is 18.1 Å². The monoisotopic (exact) mass is 536 g/mol. The Morgan fingerprint density at radius 2 is 1.92 bits per heavy atom. The highest BCUT2D eigenvalue weighted by Gasteiger charge is 2.54. The minimum absolute atomic E-state index is 0.116. The van der Waals surface area contributed by atoms with Gasteiger partial charge in [-0.25, -0.2) is 0 Å². The molecule has 5 rings (SSSR count). The van der Waals surface area contributed by atoms with Crippen molar-refractivity contribution in [2.45, 2.75) is 57.8 Å². The molecular weight excluding hydrogens is 496 g/mol. The van der Waals surface area contributed by atoms with Gasteiger partial charge in [0.05, 0.1) is 32.9 Å². The molecule has 5 unspecified atom stereocenters. The number of primary amides is 1. The fourth-order valence-corrected chi connectivity index (χ4v) is 7.75. The number of ether oxygens (including phenoxy) is 3. The van der Waals surface area contributed by atoms with Gasteiger partial charge in [-0.05, 0) is 103 Å². The fourth-order valence-electron chi connectivity index (χ4n) is 7.75. The Balaban J connectivity index is 1.14. The van der Waals surface area contributed by atoms with Crippen LogP contribution in [0.1, 0.15) is 72.9 Å². The number of benzene rings is 2. The summed E-state index contributed by atoms with van der Waals surface area (Å²) in [6.45, 7) is 3.42. The summed E-state index contributed by atoms with van der Waals surface area (Å²) in [6.07, 6.45) is 7.36. The number of phenols is 1. The van der Waals surface area contributed by atoms with Gasteiger partial charge in [-0.15, -0.1) is 0 Å². The Bertz CT molecular complexity index is 1250. The molecule has 2 aromatic carbocycles. The zero-order valence-corrected chi connectivity index (χ0v) is 23.1. The molecule has 0 radical (unpaired) electrons. The van der Waals surface area contributed by atoms with Gasteiger partial charge in [-0.1, -0.05) is 13.0 Å². The first-order chi connectivity index (χ1) is 18.8. The third-order valence-corrected chi connectivity index (χ3v) is 9.80. The summed E-state index contributed by atoms with van der Waals surface area (Å²) in [7, 11) is 3.11. The van der Waals surface area contributed by atoms with Crippen molar-refractivity contribution in [3.8, 4) is 17.2 Å². The van der Waals surface area contributed by atoms with Gasteiger partial charge < -0.3 is 30.4 Å². The normalized spacial score (nSPS) is 27.2. The molecule has 0 aliphatic heterocycles. The van der Waals surface area contributed by atoms with Crippen LogP contribution in [0.4, 0.5) is 5.69 Å². The van der Waals surface area contributed by atoms with E-state index in [0.29, 0.717) is 31.0 Å². The Labute approximate surface area is 230 Å². The lowest BCUT2D eigenvalue weighted by molar-refractivity contribution is -0.117. The van der Waals surface area contributed by atoms with Crippen LogP contribution in [-0.2, 0) is 16.0 Å². The lowest BCUT2D eigenvalue weighted by atomic mass is 9.54. The maximum Gasteiger partial charge on any atom is 0.256 e. The van der Waals surface area contributed by atoms with Crippen molar-refractivity contribution in [1.82, 2.24) is 0 Å². The maximum atomic E-state index is 12.5. The summed E-state index contributed by atoms with van der Waals surface area (Å²) in [5.74, 6) is 2.13. The molecule has 8 heteroatoms. The van der Waals surface area contributed by atoms with Crippen LogP contribution in [-0.4, -0.2) is 44.4 Å². The van der Waals surface area contributed by atoms with E-state index >= 15 is 0 Å². The van der Waals surface area contributed by atoms with Crippen LogP contribution in [0.3, 0.4) is 0 Å². The first-order valence-corrected chi connectivity index (χ1v) is 14.0. The largest absolute Gasteiger partial charge is 0.505 e. The predicted molar refractivity (Wildman–Crippen MR) is 148 cm³/mol. The van der Waals surface area contributed by atoms with Crippen LogP contribution in [0.25, 0.3) is 0 Å². The summed E-state index contributed by atoms with van der Waals surface area (Å²) in [6, 6.07) is 9.61. The molecule has 5 atom stereocenters. The van der Waals surface area contributed by atoms with E-state index in [1.807, 2.05) is 0 Å². The lowest BCUT2D eigenvalue weighted by Gasteiger charge is -2.51. The number of aryl methyl sites for hydroxylation is 1. The summed E-state index contributed by atoms with van der Waals surface area (Å²) >= 11 is 0. The molecule has 210 valence electrons. The third kappa shape index (κ3) is 5.07. The highest BCUT2D eigenvalue weighted by molar-refractivity contribution is 6.02. The van der Waals surface area contributed by atoms with Gasteiger partial charge in [0.15, 0.2) is 5.75 Å². The second-order valence-corrected chi connectivity index (χ2v) is 11.6. The number of aromatic hydroxyl groups is 1. The number of hydrogen-bond donors (Lipinski definition) is 3. The Hall–Kier alpha value is -3.26. The number of methoxy groups -OCH3 is 2. The zero-order chi connectivity index (χ0) is 27.7. The van der Waals surface area contributed by atoms with Crippen molar-refractivity contribution in [1.29, 1.82) is 0 Å². The first kappa shape index (κ1) is 27.3. The molecule has 8 nitrogen and oxygen atoms in total. The van der Waals surface area contributed by atoms with Gasteiger partial charge in [0, 0.05) is 6.61 Å². The second-order valence-electron chi connectivity index (χ2n) is 11.6. The number of nitrogens with one attached hydrogen (secondary N) is 1. The second kappa shape index (κ2) is 11.1. The molecule has 2 fully saturated rings. The van der Waals surface area contributed by atoms with Crippen molar-refractivity contribution >= 4 is 17.5 Å². The van der Waals surface area contributed by atoms with Crippen LogP contribution in [0.2, 0.25) is 0 Å². The average molecular weight is 537 g/mol. The number of amides is 2. The van der Waals surface area contributed by atoms with E-state index in [1.165, 1.54) is 62.5 Å². The fraction of sp³-hybridized carbons (Fsp3) is 0.548. The topological polar surface area (TPSA) is 120 Å². The van der Waals surface area contributed by atoms with E-state index in [4.69, 9.17) is 19.9 Å². The van der Waals surface area contributed by atoms with Crippen LogP contribution in [0, 0.1) is 23.2 Å². The van der Waals surface area contributed by atoms with Gasteiger partial charge >= 0.3 is 0 Å². The number of rotatable bonds is 9. The molecule has 3 aliphatic rings. The highest BCUT2D eigenvalue weighted by atomic mass is 16.5. The highest BCUT2D eigenvalue weighted by Crippen LogP contribution is 2.63. The zero-order valence-electron chi connectivity index (χ0n) is 23.1. The Kier molecular flexibility index (Phi) is 7.76. The van der Waals surface area contributed by atoms with Crippen LogP contribution >= 0.6 is 0 Å². The molecule has 4 N–H and O–H groups in total. The van der Waals surface area contributed by atoms with E-state index < -0.39 is 11.7 Å². The Morgan fingerprint density at radius 1 is 1.10 bits per heavy atom. The van der Waals surface area contributed by atoms with Crippen LogP contribution in [0.5, 0.6) is 17.2 Å². The van der Waals surface area contributed by atoms with Crippen molar-refractivity contribution in [2.75, 3.05) is 32.8 Å². The summed E-state index contributed by atoms with van der Waals surface area (Å²) in [5.41, 5.74) is 8.58. The molecule has 2 amide bonds. The van der Waals surface area contributed by atoms with Crippen LogP contribution in [0.15, 0.2) is 30.3 Å². The molecule has 0 heterocycles. The number of anilines is 1. The molecule has 2 saturated carbocycles. The number of hydrogen-bond acceptors (Lipinski definition) is 6. The van der Waals surface area contributed by atoms with Gasteiger partial charge in [0.1, 0.15) is 17.1 Å². The van der Waals surface area contributed by atoms with Crippen molar-refractivity contribution in [2.24, 2.45) is 28.9 Å². The molecular formula is C31H40N2O6. The number of fused-ring (bicyclic) bond motifs is 5. The third-order valence-electron chi connectivity index (χ3n) is 9.80. The molecule has 0 spiro atoms. The summed E-state index contributed by atoms with van der Waals surface area (Å²) < 4.78 is 16.6. The summed E-state index contributed by atoms with van der Waals surface area (Å²) in [4.78, 5) is 24.2. The number of nitrogens with two attached hydrogens (primary N) is 1. The molecule has 0 aromatic heterocycles. The van der Waals surface area contributed by atoms with Gasteiger partial charge in [-0.3, -0.25) is 9.59 Å². The van der Waals surface area contributed by atoms with Crippen LogP contribution < -0.4 is 20.5 Å².